The lowest BCUT2D eigenvalue weighted by Gasteiger charge is -2.11. The van der Waals surface area contributed by atoms with Crippen LogP contribution in [-0.4, -0.2) is 37.4 Å². The van der Waals surface area contributed by atoms with Gasteiger partial charge in [0.25, 0.3) is 5.91 Å². The number of nitrogens with zero attached hydrogens (tertiary/aromatic N) is 1. The van der Waals surface area contributed by atoms with Gasteiger partial charge in [-0.1, -0.05) is 35.9 Å². The Bertz CT molecular complexity index is 859. The minimum Gasteiger partial charge on any atom is -0.368 e. The first kappa shape index (κ1) is 25.7. The Morgan fingerprint density at radius 2 is 1.77 bits per heavy atom. The van der Waals surface area contributed by atoms with E-state index in [4.69, 9.17) is 17.3 Å². The molecule has 0 bridgehead atoms. The molecule has 0 aliphatic rings. The second kappa shape index (κ2) is 13.8. The third kappa shape index (κ3) is 9.45. The largest absolute Gasteiger partial charge is 0.368 e. The SMILES string of the molecule is CCNC(=NCc1ccc(C(=O)NCC(N)=O)cc1)NCCc1cccc(Cl)c1.I. The van der Waals surface area contributed by atoms with Crippen molar-refractivity contribution in [1.29, 1.82) is 0 Å². The van der Waals surface area contributed by atoms with Crippen molar-refractivity contribution < 1.29 is 9.59 Å². The summed E-state index contributed by atoms with van der Waals surface area (Å²) in [6.45, 7) is 3.77. The lowest BCUT2D eigenvalue weighted by molar-refractivity contribution is -0.117. The molecule has 9 heteroatoms. The minimum atomic E-state index is -0.580. The third-order valence-corrected chi connectivity index (χ3v) is 4.23. The number of carbonyl (C=O) groups excluding carboxylic acids is 2. The highest BCUT2D eigenvalue weighted by Crippen LogP contribution is 2.10. The first-order valence-electron chi connectivity index (χ1n) is 9.40. The number of rotatable bonds is 9. The summed E-state index contributed by atoms with van der Waals surface area (Å²) in [5.41, 5.74) is 7.61. The zero-order chi connectivity index (χ0) is 21.1. The van der Waals surface area contributed by atoms with Gasteiger partial charge in [0.1, 0.15) is 0 Å². The van der Waals surface area contributed by atoms with Gasteiger partial charge in [-0.2, -0.15) is 0 Å². The summed E-state index contributed by atoms with van der Waals surface area (Å²) in [7, 11) is 0. The summed E-state index contributed by atoms with van der Waals surface area (Å²) < 4.78 is 0. The number of amides is 2. The number of hydrogen-bond acceptors (Lipinski definition) is 3. The van der Waals surface area contributed by atoms with Crippen molar-refractivity contribution >= 4 is 53.4 Å². The van der Waals surface area contributed by atoms with Gasteiger partial charge in [0, 0.05) is 23.7 Å². The highest BCUT2D eigenvalue weighted by Gasteiger charge is 2.06. The molecule has 2 amide bonds. The van der Waals surface area contributed by atoms with Crippen LogP contribution in [0.1, 0.15) is 28.4 Å². The molecular formula is C21H27ClIN5O2. The summed E-state index contributed by atoms with van der Waals surface area (Å²) in [5.74, 6) is -0.198. The number of halogens is 2. The average Bonchev–Trinajstić information content (AvgIpc) is 2.70. The molecule has 0 unspecified atom stereocenters. The van der Waals surface area contributed by atoms with E-state index in [0.29, 0.717) is 12.1 Å². The second-order valence-corrected chi connectivity index (χ2v) is 6.78. The zero-order valence-corrected chi connectivity index (χ0v) is 19.9. The van der Waals surface area contributed by atoms with Crippen molar-refractivity contribution in [1.82, 2.24) is 16.0 Å². The van der Waals surface area contributed by atoms with E-state index in [1.807, 2.05) is 43.3 Å². The number of nitrogens with one attached hydrogen (secondary N) is 3. The lowest BCUT2D eigenvalue weighted by atomic mass is 10.1. The van der Waals surface area contributed by atoms with Crippen molar-refractivity contribution in [3.05, 3.63) is 70.2 Å². The van der Waals surface area contributed by atoms with E-state index < -0.39 is 5.91 Å². The Morgan fingerprint density at radius 3 is 2.40 bits per heavy atom. The molecule has 0 atom stereocenters. The van der Waals surface area contributed by atoms with E-state index in [1.165, 1.54) is 0 Å². The van der Waals surface area contributed by atoms with E-state index in [0.717, 1.165) is 41.6 Å². The number of aliphatic imine (C=N–C) groups is 1. The number of guanidine groups is 1. The molecule has 0 aliphatic carbocycles. The van der Waals surface area contributed by atoms with Gasteiger partial charge in [-0.15, -0.1) is 24.0 Å². The maximum atomic E-state index is 11.9. The lowest BCUT2D eigenvalue weighted by Crippen LogP contribution is -2.38. The first-order valence-corrected chi connectivity index (χ1v) is 9.77. The van der Waals surface area contributed by atoms with Crippen LogP contribution in [0.25, 0.3) is 0 Å². The minimum absolute atomic E-state index is 0. The maximum Gasteiger partial charge on any atom is 0.251 e. The molecule has 5 N–H and O–H groups in total. The van der Waals surface area contributed by atoms with Gasteiger partial charge < -0.3 is 21.7 Å². The summed E-state index contributed by atoms with van der Waals surface area (Å²) >= 11 is 6.01. The van der Waals surface area contributed by atoms with Gasteiger partial charge in [-0.3, -0.25) is 9.59 Å². The summed E-state index contributed by atoms with van der Waals surface area (Å²) in [6.07, 6.45) is 0.833. The fraction of sp³-hybridized carbons (Fsp3) is 0.286. The molecule has 0 saturated carbocycles. The predicted octanol–water partition coefficient (Wildman–Crippen LogP) is 2.47. The normalized spacial score (nSPS) is 10.7. The smallest absolute Gasteiger partial charge is 0.251 e. The van der Waals surface area contributed by atoms with Crippen LogP contribution in [-0.2, 0) is 17.8 Å². The Labute approximate surface area is 198 Å². The van der Waals surface area contributed by atoms with E-state index in [1.54, 1.807) is 12.1 Å². The maximum absolute atomic E-state index is 11.9. The van der Waals surface area contributed by atoms with Gasteiger partial charge in [0.15, 0.2) is 5.96 Å². The van der Waals surface area contributed by atoms with E-state index in [-0.39, 0.29) is 36.4 Å². The van der Waals surface area contributed by atoms with Crippen molar-refractivity contribution in [3.63, 3.8) is 0 Å². The molecule has 0 spiro atoms. The highest BCUT2D eigenvalue weighted by atomic mass is 127. The van der Waals surface area contributed by atoms with Crippen LogP contribution < -0.4 is 21.7 Å². The number of nitrogens with two attached hydrogens (primary N) is 1. The monoisotopic (exact) mass is 543 g/mol. The molecule has 2 rings (SSSR count). The summed E-state index contributed by atoms with van der Waals surface area (Å²) in [6, 6.07) is 14.8. The third-order valence-electron chi connectivity index (χ3n) is 4.00. The van der Waals surface area contributed by atoms with Crippen LogP contribution in [0.2, 0.25) is 5.02 Å². The molecule has 0 aliphatic heterocycles. The Morgan fingerprint density at radius 1 is 1.03 bits per heavy atom. The number of carbonyl (C=O) groups is 2. The van der Waals surface area contributed by atoms with Gasteiger partial charge in [-0.05, 0) is 48.7 Å². The molecule has 0 fully saturated rings. The second-order valence-electron chi connectivity index (χ2n) is 6.35. The van der Waals surface area contributed by atoms with Crippen molar-refractivity contribution in [2.24, 2.45) is 10.7 Å². The Hall–Kier alpha value is -2.33. The summed E-state index contributed by atoms with van der Waals surface area (Å²) in [5, 5.41) is 9.70. The van der Waals surface area contributed by atoms with Crippen LogP contribution >= 0.6 is 35.6 Å². The molecule has 7 nitrogen and oxygen atoms in total. The molecule has 0 saturated heterocycles. The van der Waals surface area contributed by atoms with E-state index >= 15 is 0 Å². The van der Waals surface area contributed by atoms with Gasteiger partial charge >= 0.3 is 0 Å². The highest BCUT2D eigenvalue weighted by molar-refractivity contribution is 14.0. The molecular weight excluding hydrogens is 517 g/mol. The predicted molar refractivity (Wildman–Crippen MR) is 131 cm³/mol. The standard InChI is InChI=1S/C21H26ClN5O2.HI/c1-2-24-21(25-11-10-15-4-3-5-18(22)12-15)27-13-16-6-8-17(9-7-16)20(29)26-14-19(23)28;/h3-9,12H,2,10-11,13-14H2,1H3,(H2,23,28)(H,26,29)(H2,24,25,27);1H. The van der Waals surface area contributed by atoms with Gasteiger partial charge in [0.2, 0.25) is 5.91 Å². The van der Waals surface area contributed by atoms with Gasteiger partial charge in [-0.25, -0.2) is 4.99 Å². The molecule has 0 radical (unpaired) electrons. The number of benzene rings is 2. The van der Waals surface area contributed by atoms with Gasteiger partial charge in [0.05, 0.1) is 13.1 Å². The molecule has 0 heterocycles. The van der Waals surface area contributed by atoms with Crippen LogP contribution in [0.3, 0.4) is 0 Å². The quantitative estimate of drug-likeness (QED) is 0.221. The van der Waals surface area contributed by atoms with E-state index in [9.17, 15) is 9.59 Å². The molecule has 0 aromatic heterocycles. The van der Waals surface area contributed by atoms with Crippen LogP contribution in [0.5, 0.6) is 0 Å². The molecule has 30 heavy (non-hydrogen) atoms. The molecule has 2 aromatic carbocycles. The molecule has 2 aromatic rings. The zero-order valence-electron chi connectivity index (χ0n) is 16.8. The Kier molecular flexibility index (Phi) is 11.8. The topological polar surface area (TPSA) is 109 Å². The number of hydrogen-bond donors (Lipinski definition) is 4. The van der Waals surface area contributed by atoms with Crippen molar-refractivity contribution in [2.75, 3.05) is 19.6 Å². The average molecular weight is 544 g/mol. The van der Waals surface area contributed by atoms with E-state index in [2.05, 4.69) is 20.9 Å². The summed E-state index contributed by atoms with van der Waals surface area (Å²) in [4.78, 5) is 27.2. The van der Waals surface area contributed by atoms with Crippen LogP contribution in [0, 0.1) is 0 Å². The molecule has 162 valence electrons. The van der Waals surface area contributed by atoms with Crippen LogP contribution in [0.4, 0.5) is 0 Å². The fourth-order valence-electron chi connectivity index (χ4n) is 2.56. The number of primary amides is 1. The fourth-order valence-corrected chi connectivity index (χ4v) is 2.77. The van der Waals surface area contributed by atoms with Crippen molar-refractivity contribution in [3.8, 4) is 0 Å². The first-order chi connectivity index (χ1) is 14.0. The van der Waals surface area contributed by atoms with Crippen LogP contribution in [0.15, 0.2) is 53.5 Å². The van der Waals surface area contributed by atoms with Crippen molar-refractivity contribution in [2.45, 2.75) is 19.9 Å². The Balaban J connectivity index is 0.00000450.